The lowest BCUT2D eigenvalue weighted by molar-refractivity contribution is 0.403. The zero-order valence-corrected chi connectivity index (χ0v) is 9.20. The molecule has 2 rings (SSSR count). The topological polar surface area (TPSA) is 84.1 Å². The van der Waals surface area contributed by atoms with E-state index < -0.39 is 5.75 Å². The van der Waals surface area contributed by atoms with Crippen LogP contribution in [0.15, 0.2) is 12.1 Å². The third kappa shape index (κ3) is 1.70. The van der Waals surface area contributed by atoms with E-state index in [1.807, 2.05) is 0 Å². The van der Waals surface area contributed by atoms with Crippen LogP contribution in [0.4, 0.5) is 0 Å². The summed E-state index contributed by atoms with van der Waals surface area (Å²) in [5.41, 5.74) is 0.373. The predicted octanol–water partition coefficient (Wildman–Crippen LogP) is 0.952. The summed E-state index contributed by atoms with van der Waals surface area (Å²) in [6, 6.07) is 2.65. The maximum atomic E-state index is 9.38. The zero-order valence-electron chi connectivity index (χ0n) is 7.62. The first-order valence-electron chi connectivity index (χ1n) is 4.02. The molecule has 2 aromatic rings. The summed E-state index contributed by atoms with van der Waals surface area (Å²) in [6.07, 6.45) is 0. The molecule has 1 heterocycles. The van der Waals surface area contributed by atoms with Crippen molar-refractivity contribution in [1.82, 2.24) is 20.2 Å². The SMILES string of the molecule is Oc1cc(-n2nnnc2[C]=S)cc(Cl)c1O. The normalized spacial score (nSPS) is 10.3. The number of tetrazole rings is 1. The van der Waals surface area contributed by atoms with Gasteiger partial charge in [0.2, 0.25) is 0 Å². The standard InChI is InChI=1S/C8H4ClN4O2S/c9-5-1-4(2-6(14)8(5)15)13-7(3-16)10-11-12-13/h1-2,14-15H. The number of hydrogen-bond acceptors (Lipinski definition) is 6. The molecule has 0 saturated heterocycles. The summed E-state index contributed by atoms with van der Waals surface area (Å²) in [5.74, 6) is -0.559. The minimum atomic E-state index is -0.397. The minimum Gasteiger partial charge on any atom is -0.504 e. The molecular formula is C8H4ClN4O2S. The van der Waals surface area contributed by atoms with Crippen LogP contribution in [0.3, 0.4) is 0 Å². The number of phenolic OH excluding ortho intramolecular Hbond substituents is 2. The molecule has 16 heavy (non-hydrogen) atoms. The van der Waals surface area contributed by atoms with Crippen LogP contribution in [0.5, 0.6) is 11.5 Å². The third-order valence-corrected chi connectivity index (χ3v) is 2.30. The van der Waals surface area contributed by atoms with Crippen molar-refractivity contribution in [1.29, 1.82) is 0 Å². The number of aromatic hydroxyl groups is 2. The summed E-state index contributed by atoms with van der Waals surface area (Å²) in [7, 11) is 0. The number of halogens is 1. The van der Waals surface area contributed by atoms with Crippen LogP contribution in [0, 0.1) is 0 Å². The molecule has 1 aromatic heterocycles. The van der Waals surface area contributed by atoms with Gasteiger partial charge >= 0.3 is 0 Å². The average Bonchev–Trinajstić information content (AvgIpc) is 2.73. The van der Waals surface area contributed by atoms with Crippen molar-refractivity contribution in [3.05, 3.63) is 23.0 Å². The molecule has 0 fully saturated rings. The van der Waals surface area contributed by atoms with E-state index in [2.05, 4.69) is 33.1 Å². The van der Waals surface area contributed by atoms with Gasteiger partial charge in [-0.25, -0.2) is 0 Å². The molecule has 0 aliphatic heterocycles. The van der Waals surface area contributed by atoms with Crippen molar-refractivity contribution >= 4 is 29.2 Å². The summed E-state index contributed by atoms with van der Waals surface area (Å²) < 4.78 is 1.23. The maximum Gasteiger partial charge on any atom is 0.199 e. The lowest BCUT2D eigenvalue weighted by Crippen LogP contribution is -2.01. The van der Waals surface area contributed by atoms with Gasteiger partial charge in [-0.1, -0.05) is 23.8 Å². The van der Waals surface area contributed by atoms with E-state index in [0.29, 0.717) is 5.69 Å². The fourth-order valence-corrected chi connectivity index (χ4v) is 1.45. The zero-order chi connectivity index (χ0) is 11.7. The van der Waals surface area contributed by atoms with E-state index in [4.69, 9.17) is 11.6 Å². The van der Waals surface area contributed by atoms with Crippen LogP contribution < -0.4 is 0 Å². The monoisotopic (exact) mass is 255 g/mol. The number of nitrogens with zero attached hydrogens (tertiary/aromatic N) is 4. The van der Waals surface area contributed by atoms with E-state index in [1.165, 1.54) is 16.8 Å². The minimum absolute atomic E-state index is 0.0131. The molecule has 0 saturated carbocycles. The lowest BCUT2D eigenvalue weighted by atomic mass is 10.3. The van der Waals surface area contributed by atoms with Crippen LogP contribution in [-0.4, -0.2) is 35.8 Å². The third-order valence-electron chi connectivity index (χ3n) is 1.83. The van der Waals surface area contributed by atoms with Crippen molar-refractivity contribution in [2.24, 2.45) is 0 Å². The summed E-state index contributed by atoms with van der Waals surface area (Å²) >= 11 is 10.3. The first kappa shape index (κ1) is 10.8. The van der Waals surface area contributed by atoms with Gasteiger partial charge in [-0.15, -0.1) is 5.10 Å². The molecular weight excluding hydrogens is 252 g/mol. The Kier molecular flexibility index (Phi) is 2.71. The van der Waals surface area contributed by atoms with Gasteiger partial charge in [0.05, 0.1) is 10.7 Å². The van der Waals surface area contributed by atoms with Crippen molar-refractivity contribution in [3.8, 4) is 17.2 Å². The molecule has 6 nitrogen and oxygen atoms in total. The Labute approximate surface area is 100 Å². The largest absolute Gasteiger partial charge is 0.504 e. The van der Waals surface area contributed by atoms with Crippen LogP contribution in [0.25, 0.3) is 5.69 Å². The first-order valence-corrected chi connectivity index (χ1v) is 4.80. The Morgan fingerprint density at radius 3 is 2.75 bits per heavy atom. The fourth-order valence-electron chi connectivity index (χ4n) is 1.12. The maximum absolute atomic E-state index is 9.38. The highest BCUT2D eigenvalue weighted by Crippen LogP contribution is 2.35. The summed E-state index contributed by atoms with van der Waals surface area (Å²) in [4.78, 5) is 0. The number of phenols is 2. The second-order valence-electron chi connectivity index (χ2n) is 2.81. The molecule has 0 spiro atoms. The van der Waals surface area contributed by atoms with Gasteiger partial charge in [0.25, 0.3) is 0 Å². The summed E-state index contributed by atoms with van der Waals surface area (Å²) in [6.45, 7) is 0. The van der Waals surface area contributed by atoms with Crippen LogP contribution >= 0.6 is 23.8 Å². The first-order chi connectivity index (χ1) is 7.63. The Bertz CT molecular complexity index is 534. The quantitative estimate of drug-likeness (QED) is 0.614. The highest BCUT2D eigenvalue weighted by Gasteiger charge is 2.12. The van der Waals surface area contributed by atoms with Crippen molar-refractivity contribution in [2.75, 3.05) is 0 Å². The summed E-state index contributed by atoms with van der Waals surface area (Å²) in [5, 5.41) is 31.6. The van der Waals surface area contributed by atoms with Gasteiger partial charge in [-0.2, -0.15) is 4.68 Å². The van der Waals surface area contributed by atoms with Gasteiger partial charge in [0, 0.05) is 6.07 Å². The molecule has 1 aromatic carbocycles. The van der Waals surface area contributed by atoms with Gasteiger partial charge < -0.3 is 10.2 Å². The molecule has 8 heteroatoms. The number of thiocarbonyl (C=S) groups is 1. The molecule has 0 amide bonds. The smallest absolute Gasteiger partial charge is 0.199 e. The molecule has 0 aliphatic carbocycles. The van der Waals surface area contributed by atoms with Gasteiger partial charge in [0.1, 0.15) is 5.37 Å². The van der Waals surface area contributed by atoms with Gasteiger partial charge in [0.15, 0.2) is 17.3 Å². The Morgan fingerprint density at radius 1 is 1.38 bits per heavy atom. The molecule has 0 bridgehead atoms. The number of benzene rings is 1. The molecule has 0 atom stereocenters. The van der Waals surface area contributed by atoms with Crippen LogP contribution in [0.1, 0.15) is 5.82 Å². The van der Waals surface area contributed by atoms with Crippen LogP contribution in [-0.2, 0) is 0 Å². The predicted molar refractivity (Wildman–Crippen MR) is 59.2 cm³/mol. The molecule has 1 radical (unpaired) electrons. The van der Waals surface area contributed by atoms with Gasteiger partial charge in [-0.3, -0.25) is 0 Å². The number of rotatable bonds is 2. The van der Waals surface area contributed by atoms with E-state index in [-0.39, 0.29) is 16.6 Å². The second-order valence-corrected chi connectivity index (χ2v) is 3.42. The number of hydrogen-bond donors (Lipinski definition) is 2. The van der Waals surface area contributed by atoms with Crippen LogP contribution in [0.2, 0.25) is 5.02 Å². The Morgan fingerprint density at radius 2 is 2.12 bits per heavy atom. The molecule has 2 N–H and O–H groups in total. The molecule has 81 valence electrons. The average molecular weight is 256 g/mol. The van der Waals surface area contributed by atoms with E-state index in [1.54, 1.807) is 0 Å². The molecule has 0 unspecified atom stereocenters. The second kappa shape index (κ2) is 4.03. The Balaban J connectivity index is 2.61. The van der Waals surface area contributed by atoms with Crippen molar-refractivity contribution in [3.63, 3.8) is 0 Å². The number of aromatic nitrogens is 4. The Hall–Kier alpha value is -1.73. The van der Waals surface area contributed by atoms with E-state index in [0.717, 1.165) is 0 Å². The van der Waals surface area contributed by atoms with Gasteiger partial charge in [-0.05, 0) is 16.5 Å². The lowest BCUT2D eigenvalue weighted by Gasteiger charge is -2.05. The van der Waals surface area contributed by atoms with Crippen molar-refractivity contribution in [2.45, 2.75) is 0 Å². The fraction of sp³-hybridized carbons (Fsp3) is 0. The van der Waals surface area contributed by atoms with Crippen molar-refractivity contribution < 1.29 is 10.2 Å². The highest BCUT2D eigenvalue weighted by molar-refractivity contribution is 7.79. The van der Waals surface area contributed by atoms with E-state index in [9.17, 15) is 10.2 Å². The molecule has 0 aliphatic rings. The van der Waals surface area contributed by atoms with E-state index >= 15 is 0 Å². The highest BCUT2D eigenvalue weighted by atomic mass is 35.5.